The molecule has 0 saturated carbocycles. The van der Waals surface area contributed by atoms with Crippen LogP contribution in [0, 0.1) is 0 Å². The van der Waals surface area contributed by atoms with E-state index < -0.39 is 20.9 Å². The minimum Gasteiger partial charge on any atom is -0.337 e. The van der Waals surface area contributed by atoms with Crippen molar-refractivity contribution in [1.29, 1.82) is 0 Å². The van der Waals surface area contributed by atoms with E-state index in [0.29, 0.717) is 21.5 Å². The lowest BCUT2D eigenvalue weighted by molar-refractivity contribution is -0.112. The van der Waals surface area contributed by atoms with E-state index in [1.54, 1.807) is 23.9 Å². The fourth-order valence-electron chi connectivity index (χ4n) is 4.37. The molecule has 6 rings (SSSR count). The second kappa shape index (κ2) is 11.9. The quantitative estimate of drug-likeness (QED) is 0.335. The van der Waals surface area contributed by atoms with Gasteiger partial charge in [-0.15, -0.1) is 11.3 Å². The van der Waals surface area contributed by atoms with Gasteiger partial charge in [-0.2, -0.15) is 18.5 Å². The smallest absolute Gasteiger partial charge is 0.294 e. The number of para-hydroxylation sites is 1. The molecule has 1 amide bonds. The first-order chi connectivity index (χ1) is 20.0. The molecule has 0 unspecified atom stereocenters. The van der Waals surface area contributed by atoms with Crippen LogP contribution in [0.1, 0.15) is 13.8 Å². The highest BCUT2D eigenvalue weighted by Gasteiger charge is 2.33. The predicted molar refractivity (Wildman–Crippen MR) is 167 cm³/mol. The zero-order valence-electron chi connectivity index (χ0n) is 22.6. The number of pyridine rings is 1. The molecule has 2 aromatic heterocycles. The third-order valence-corrected chi connectivity index (χ3v) is 10.1. The molecule has 216 valence electrons. The summed E-state index contributed by atoms with van der Waals surface area (Å²) in [5.41, 5.74) is 1.63. The van der Waals surface area contributed by atoms with Crippen molar-refractivity contribution in [2.75, 3.05) is 17.0 Å². The summed E-state index contributed by atoms with van der Waals surface area (Å²) in [5.74, 6) is -0.496. The Balaban J connectivity index is 0.000000524. The van der Waals surface area contributed by atoms with Gasteiger partial charge in [0.05, 0.1) is 32.6 Å². The van der Waals surface area contributed by atoms with Crippen LogP contribution in [0.5, 0.6) is 0 Å². The van der Waals surface area contributed by atoms with Crippen molar-refractivity contribution in [2.24, 2.45) is 5.10 Å². The number of nitrogens with zero attached hydrogens (tertiary/aromatic N) is 5. The zero-order valence-corrected chi connectivity index (χ0v) is 25.8. The number of carbonyl (C=O) groups excluding carboxylic acids is 1. The van der Waals surface area contributed by atoms with Crippen molar-refractivity contribution in [3.05, 3.63) is 97.6 Å². The second-order valence-corrected chi connectivity index (χ2v) is 12.9. The first-order valence-corrected chi connectivity index (χ1v) is 16.0. The number of fused-ring (bicyclic) bond motifs is 1. The normalized spacial score (nSPS) is 17.2. The van der Waals surface area contributed by atoms with Gasteiger partial charge in [0.1, 0.15) is 14.2 Å². The molecule has 2 aliphatic rings. The van der Waals surface area contributed by atoms with Crippen LogP contribution in [-0.4, -0.2) is 41.2 Å². The monoisotopic (exact) mass is 641 g/mol. The maximum Gasteiger partial charge on any atom is 0.294 e. The van der Waals surface area contributed by atoms with Crippen molar-refractivity contribution >= 4 is 78.4 Å². The lowest BCUT2D eigenvalue weighted by Crippen LogP contribution is -2.35. The molecule has 0 atom stereocenters. The molecule has 4 aromatic rings. The summed E-state index contributed by atoms with van der Waals surface area (Å²) in [6.45, 7) is 3.85. The lowest BCUT2D eigenvalue weighted by atomic mass is 10.2. The van der Waals surface area contributed by atoms with E-state index in [9.17, 15) is 22.6 Å². The number of hydrogen-bond acceptors (Lipinski definition) is 9. The van der Waals surface area contributed by atoms with Gasteiger partial charge in [-0.25, -0.2) is 0 Å². The summed E-state index contributed by atoms with van der Waals surface area (Å²) in [4.78, 5) is 33.4. The number of halogens is 1. The van der Waals surface area contributed by atoms with Crippen LogP contribution >= 0.6 is 34.7 Å². The molecule has 2 aliphatic heterocycles. The summed E-state index contributed by atoms with van der Waals surface area (Å²) >= 11 is 8.99. The van der Waals surface area contributed by atoms with E-state index in [1.165, 1.54) is 29.2 Å². The molecule has 0 saturated heterocycles. The standard InChI is InChI=1S/C23H19ClN4O5S3.C5H5N/c1-4-27-21(30)19(23-26(3)16-7-5-6-8-17(16)34-23)35-22(27)18-12(2)25-28(20(18)29)15-10-9-13(11-14(15)24)36(31,32)33;1-2-4-6-5-3-1/h5-11H,4H2,1-3H3,(H,31,32,33);1-5H/b22-18+,23-19-;. The topological polar surface area (TPSA) is 125 Å². The molecule has 0 aliphatic carbocycles. The lowest BCUT2D eigenvalue weighted by Gasteiger charge is -2.14. The van der Waals surface area contributed by atoms with E-state index in [2.05, 4.69) is 10.1 Å². The average molecular weight is 642 g/mol. The van der Waals surface area contributed by atoms with Crippen LogP contribution in [-0.2, 0) is 21.5 Å². The van der Waals surface area contributed by atoms with Gasteiger partial charge in [0.15, 0.2) is 0 Å². The molecule has 42 heavy (non-hydrogen) atoms. The van der Waals surface area contributed by atoms with Crippen molar-refractivity contribution in [3.63, 3.8) is 0 Å². The Hall–Kier alpha value is -3.75. The van der Waals surface area contributed by atoms with E-state index in [0.717, 1.165) is 32.8 Å². The van der Waals surface area contributed by atoms with Crippen LogP contribution in [0.25, 0.3) is 10.6 Å². The number of hydrazone groups is 1. The first-order valence-electron chi connectivity index (χ1n) is 12.5. The molecule has 10 nitrogen and oxygen atoms in total. The molecule has 0 radical (unpaired) electrons. The van der Waals surface area contributed by atoms with Gasteiger partial charge in [0.25, 0.3) is 21.6 Å². The second-order valence-electron chi connectivity index (χ2n) is 9.01. The molecule has 0 bridgehead atoms. The molecule has 2 aromatic carbocycles. The van der Waals surface area contributed by atoms with Crippen molar-refractivity contribution in [1.82, 2.24) is 9.55 Å². The van der Waals surface area contributed by atoms with Crippen molar-refractivity contribution in [3.8, 4) is 0 Å². The largest absolute Gasteiger partial charge is 0.337 e. The number of thiazole rings is 1. The molecule has 4 heterocycles. The minimum absolute atomic E-state index is 0.0756. The summed E-state index contributed by atoms with van der Waals surface area (Å²) in [5, 5.41) is 6.14. The number of aromatic nitrogens is 2. The Morgan fingerprint density at radius 1 is 1.00 bits per heavy atom. The number of carbonyl (C=O) groups is 1. The zero-order chi connectivity index (χ0) is 30.2. The minimum atomic E-state index is -4.46. The highest BCUT2D eigenvalue weighted by atomic mass is 35.5. The van der Waals surface area contributed by atoms with E-state index in [1.807, 2.05) is 61.3 Å². The van der Waals surface area contributed by atoms with E-state index >= 15 is 0 Å². The highest BCUT2D eigenvalue weighted by Crippen LogP contribution is 2.45. The van der Waals surface area contributed by atoms with Gasteiger partial charge in [0.2, 0.25) is 0 Å². The number of amides is 1. The maximum atomic E-state index is 13.5. The third-order valence-electron chi connectivity index (χ3n) is 6.38. The number of thioether (sulfide) groups is 1. The van der Waals surface area contributed by atoms with Gasteiger partial charge in [-0.1, -0.05) is 41.6 Å². The maximum absolute atomic E-state index is 13.5. The fourth-order valence-corrected chi connectivity index (χ4v) is 7.80. The van der Waals surface area contributed by atoms with Crippen LogP contribution in [0.2, 0.25) is 5.02 Å². The summed E-state index contributed by atoms with van der Waals surface area (Å²) in [6.07, 6.45) is 3.50. The van der Waals surface area contributed by atoms with Gasteiger partial charge in [0, 0.05) is 30.9 Å². The predicted octanol–water partition coefficient (Wildman–Crippen LogP) is 3.79. The molecular formula is C28H24ClN5O5S3. The number of rotatable bonds is 3. The number of hydrogen-bond donors (Lipinski definition) is 1. The van der Waals surface area contributed by atoms with Gasteiger partial charge >= 0.3 is 0 Å². The van der Waals surface area contributed by atoms with Crippen LogP contribution < -0.4 is 24.7 Å². The molecule has 1 N–H and O–H groups in total. The molecule has 0 fully saturated rings. The number of benzene rings is 2. The van der Waals surface area contributed by atoms with E-state index in [-0.39, 0.29) is 21.8 Å². The first kappa shape index (κ1) is 29.7. The number of anilines is 2. The molecular weight excluding hydrogens is 618 g/mol. The fraction of sp³-hybridized carbons (Fsp3) is 0.143. The Morgan fingerprint density at radius 3 is 2.29 bits per heavy atom. The van der Waals surface area contributed by atoms with Gasteiger partial charge < -0.3 is 4.90 Å². The summed E-state index contributed by atoms with van der Waals surface area (Å²) in [7, 11) is -2.55. The van der Waals surface area contributed by atoms with Gasteiger partial charge in [-0.3, -0.25) is 23.7 Å². The Morgan fingerprint density at radius 2 is 1.71 bits per heavy atom. The van der Waals surface area contributed by atoms with Crippen LogP contribution in [0.15, 0.2) is 92.7 Å². The van der Waals surface area contributed by atoms with E-state index in [4.69, 9.17) is 11.6 Å². The third kappa shape index (κ3) is 5.53. The summed E-state index contributed by atoms with van der Waals surface area (Å²) < 4.78 is 34.7. The molecule has 14 heteroatoms. The van der Waals surface area contributed by atoms with Crippen molar-refractivity contribution < 1.29 is 17.8 Å². The molecule has 0 spiro atoms. The highest BCUT2D eigenvalue weighted by molar-refractivity contribution is 8.08. The Bertz CT molecular complexity index is 2000. The SMILES string of the molecule is CCn1c(=O)/c(=C2/Sc3ccccc3N2C)s/c1=C1/C(=O)N(c2ccc(S(=O)(=O)O)cc2Cl)N=C1C.c1ccncc1. The van der Waals surface area contributed by atoms with Crippen LogP contribution in [0.4, 0.5) is 11.4 Å². The summed E-state index contributed by atoms with van der Waals surface area (Å²) in [6, 6.07) is 17.1. The Labute approximate surface area is 254 Å². The van der Waals surface area contributed by atoms with Crippen LogP contribution in [0.3, 0.4) is 0 Å². The van der Waals surface area contributed by atoms with Crippen molar-refractivity contribution in [2.45, 2.75) is 30.2 Å². The Kier molecular flexibility index (Phi) is 8.39. The van der Waals surface area contributed by atoms with Gasteiger partial charge in [-0.05, 0) is 56.3 Å². The average Bonchev–Trinajstić information content (AvgIpc) is 3.58.